The molecule has 13 heteroatoms. The number of nitrogens with one attached hydrogen (secondary N) is 2. The minimum Gasteiger partial charge on any atom is -0.356 e. The molecule has 0 saturated carbocycles. The first kappa shape index (κ1) is 17.2. The smallest absolute Gasteiger partial charge is 0.329 e. The van der Waals surface area contributed by atoms with Crippen LogP contribution in [0.2, 0.25) is 0 Å². The number of nitrogens with zero attached hydrogens (tertiary/aromatic N) is 4. The van der Waals surface area contributed by atoms with E-state index in [1.165, 1.54) is 0 Å². The van der Waals surface area contributed by atoms with Crippen molar-refractivity contribution < 1.29 is 22.0 Å². The van der Waals surface area contributed by atoms with Crippen molar-refractivity contribution in [2.75, 3.05) is 18.0 Å². The number of hydrogen-bond acceptors (Lipinski definition) is 5. The summed E-state index contributed by atoms with van der Waals surface area (Å²) >= 11 is 0. The first-order valence-electron chi connectivity index (χ1n) is 7.46. The average Bonchev–Trinajstić information content (AvgIpc) is 3.04. The van der Waals surface area contributed by atoms with Gasteiger partial charge in [0.1, 0.15) is 5.69 Å². The number of H-pyrrole nitrogens is 2. The van der Waals surface area contributed by atoms with Gasteiger partial charge >= 0.3 is 17.5 Å². The van der Waals surface area contributed by atoms with Crippen molar-refractivity contribution in [1.82, 2.24) is 24.6 Å². The minimum atomic E-state index is -4.30. The third-order valence-electron chi connectivity index (χ3n) is 4.16. The molecule has 3 aromatic heterocycles. The number of aromatic nitrogens is 5. The summed E-state index contributed by atoms with van der Waals surface area (Å²) in [4.78, 5) is 31.5. The molecule has 2 N–H and O–H groups in total. The Labute approximate surface area is 145 Å². The van der Waals surface area contributed by atoms with Gasteiger partial charge < -0.3 is 9.88 Å². The Balaban J connectivity index is 1.93. The summed E-state index contributed by atoms with van der Waals surface area (Å²) in [5.41, 5.74) is -2.67. The number of imidazole rings is 1. The van der Waals surface area contributed by atoms with Crippen molar-refractivity contribution in [3.63, 3.8) is 0 Å². The second-order valence-electron chi connectivity index (χ2n) is 5.98. The van der Waals surface area contributed by atoms with Gasteiger partial charge in [-0.05, 0) is 6.07 Å². The van der Waals surface area contributed by atoms with Crippen LogP contribution in [0.5, 0.6) is 0 Å². The molecule has 0 atom stereocenters. The van der Waals surface area contributed by atoms with E-state index in [1.54, 1.807) is 0 Å². The monoisotopic (exact) mass is 388 g/mol. The maximum absolute atomic E-state index is 14.0. The molecule has 0 radical (unpaired) electrons. The van der Waals surface area contributed by atoms with Crippen LogP contribution in [0.3, 0.4) is 0 Å². The van der Waals surface area contributed by atoms with Gasteiger partial charge in [-0.25, -0.2) is 9.78 Å². The Morgan fingerprint density at radius 1 is 1.11 bits per heavy atom. The molecule has 27 heavy (non-hydrogen) atoms. The highest BCUT2D eigenvalue weighted by Gasteiger charge is 2.63. The lowest BCUT2D eigenvalue weighted by atomic mass is 10.2. The highest BCUT2D eigenvalue weighted by Crippen LogP contribution is 2.43. The lowest BCUT2D eigenvalue weighted by Crippen LogP contribution is -2.38. The summed E-state index contributed by atoms with van der Waals surface area (Å²) in [5, 5.41) is 3.84. The molecule has 0 aliphatic carbocycles. The van der Waals surface area contributed by atoms with Gasteiger partial charge in [0, 0.05) is 6.20 Å². The van der Waals surface area contributed by atoms with Gasteiger partial charge in [0.15, 0.2) is 5.65 Å². The van der Waals surface area contributed by atoms with E-state index in [1.807, 2.05) is 4.98 Å². The minimum absolute atomic E-state index is 0.219. The van der Waals surface area contributed by atoms with E-state index in [-0.39, 0.29) is 22.6 Å². The van der Waals surface area contributed by atoms with Crippen LogP contribution in [0.1, 0.15) is 0 Å². The standard InChI is InChI=1S/C14H9F5N6O2/c15-9-3-20-10-8(24-4-13(16,17)14(18,19)5-24)1-7(23-25(9)10)6-2-21-12(27)22-11(6)26/h1-3H,4-5H2,(H2,21,22,26,27). The molecule has 0 aromatic carbocycles. The quantitative estimate of drug-likeness (QED) is 0.639. The van der Waals surface area contributed by atoms with E-state index < -0.39 is 42.1 Å². The third kappa shape index (κ3) is 2.57. The summed E-state index contributed by atoms with van der Waals surface area (Å²) < 4.78 is 68.9. The van der Waals surface area contributed by atoms with Crippen LogP contribution in [0.25, 0.3) is 16.9 Å². The van der Waals surface area contributed by atoms with Crippen LogP contribution in [0, 0.1) is 5.95 Å². The normalized spacial score (nSPS) is 18.3. The Hall–Kier alpha value is -3.25. The summed E-state index contributed by atoms with van der Waals surface area (Å²) in [5.74, 6) is -9.59. The summed E-state index contributed by atoms with van der Waals surface area (Å²) in [7, 11) is 0. The van der Waals surface area contributed by atoms with Gasteiger partial charge in [-0.1, -0.05) is 0 Å². The molecule has 0 bridgehead atoms. The third-order valence-corrected chi connectivity index (χ3v) is 4.16. The lowest BCUT2D eigenvalue weighted by Gasteiger charge is -2.18. The largest absolute Gasteiger partial charge is 0.356 e. The van der Waals surface area contributed by atoms with Crippen LogP contribution < -0.4 is 16.1 Å². The van der Waals surface area contributed by atoms with Gasteiger partial charge in [-0.3, -0.25) is 9.78 Å². The van der Waals surface area contributed by atoms with Gasteiger partial charge in [0.2, 0.25) is 5.95 Å². The number of rotatable bonds is 2. The van der Waals surface area contributed by atoms with Crippen molar-refractivity contribution >= 4 is 11.3 Å². The number of aromatic amines is 2. The zero-order chi connectivity index (χ0) is 19.6. The highest BCUT2D eigenvalue weighted by atomic mass is 19.3. The molecule has 4 rings (SSSR count). The van der Waals surface area contributed by atoms with Crippen molar-refractivity contribution in [2.45, 2.75) is 11.8 Å². The molecule has 4 heterocycles. The van der Waals surface area contributed by atoms with Crippen LogP contribution >= 0.6 is 0 Å². The fourth-order valence-corrected chi connectivity index (χ4v) is 2.83. The molecule has 1 aliphatic rings. The van der Waals surface area contributed by atoms with E-state index >= 15 is 0 Å². The number of fused-ring (bicyclic) bond motifs is 1. The van der Waals surface area contributed by atoms with Gasteiger partial charge in [0.25, 0.3) is 5.56 Å². The summed E-state index contributed by atoms with van der Waals surface area (Å²) in [6.45, 7) is -2.65. The van der Waals surface area contributed by atoms with Crippen LogP contribution in [-0.2, 0) is 0 Å². The maximum atomic E-state index is 14.0. The molecule has 142 valence electrons. The second-order valence-corrected chi connectivity index (χ2v) is 5.98. The summed E-state index contributed by atoms with van der Waals surface area (Å²) in [6, 6.07) is 1.06. The average molecular weight is 388 g/mol. The fraction of sp³-hybridized carbons (Fsp3) is 0.286. The zero-order valence-corrected chi connectivity index (χ0v) is 13.1. The Kier molecular flexibility index (Phi) is 3.42. The SMILES string of the molecule is O=c1[nH]cc(-c2cc(N3CC(F)(F)C(F)(F)C3)c3ncc(F)n3n2)c(=O)[nH]1. The fourth-order valence-electron chi connectivity index (χ4n) is 2.83. The first-order valence-corrected chi connectivity index (χ1v) is 7.46. The van der Waals surface area contributed by atoms with Gasteiger partial charge in [0.05, 0.1) is 30.5 Å². The van der Waals surface area contributed by atoms with E-state index in [4.69, 9.17) is 0 Å². The molecular weight excluding hydrogens is 379 g/mol. The molecule has 0 amide bonds. The Bertz CT molecular complexity index is 1150. The van der Waals surface area contributed by atoms with Crippen LogP contribution in [-0.4, -0.2) is 49.5 Å². The predicted octanol–water partition coefficient (Wildman–Crippen LogP) is 1.00. The molecule has 1 fully saturated rings. The molecule has 0 unspecified atom stereocenters. The summed E-state index contributed by atoms with van der Waals surface area (Å²) in [6.07, 6.45) is 1.72. The molecule has 0 spiro atoms. The second kappa shape index (κ2) is 5.37. The van der Waals surface area contributed by atoms with E-state index in [9.17, 15) is 31.5 Å². The zero-order valence-electron chi connectivity index (χ0n) is 13.1. The van der Waals surface area contributed by atoms with Crippen molar-refractivity contribution in [2.24, 2.45) is 0 Å². The number of hydrogen-bond donors (Lipinski definition) is 2. The Morgan fingerprint density at radius 2 is 1.78 bits per heavy atom. The van der Waals surface area contributed by atoms with Crippen molar-refractivity contribution in [3.8, 4) is 11.3 Å². The Morgan fingerprint density at radius 3 is 2.41 bits per heavy atom. The number of alkyl halides is 4. The van der Waals surface area contributed by atoms with E-state index in [2.05, 4.69) is 15.1 Å². The molecule has 8 nitrogen and oxygen atoms in total. The first-order chi connectivity index (χ1) is 12.6. The topological polar surface area (TPSA) is 99.2 Å². The van der Waals surface area contributed by atoms with Crippen molar-refractivity contribution in [3.05, 3.63) is 45.2 Å². The molecule has 1 aliphatic heterocycles. The number of halogens is 5. The van der Waals surface area contributed by atoms with Gasteiger partial charge in [-0.2, -0.15) is 31.6 Å². The molecule has 3 aromatic rings. The maximum Gasteiger partial charge on any atom is 0.329 e. The predicted molar refractivity (Wildman–Crippen MR) is 81.7 cm³/mol. The van der Waals surface area contributed by atoms with Gasteiger partial charge in [-0.15, -0.1) is 0 Å². The highest BCUT2D eigenvalue weighted by molar-refractivity contribution is 5.75. The van der Waals surface area contributed by atoms with Crippen molar-refractivity contribution in [1.29, 1.82) is 0 Å². The van der Waals surface area contributed by atoms with Crippen LogP contribution in [0.4, 0.5) is 27.6 Å². The molecule has 1 saturated heterocycles. The molecular formula is C14H9F5N6O2. The lowest BCUT2D eigenvalue weighted by molar-refractivity contribution is -0.172. The van der Waals surface area contributed by atoms with E-state index in [0.717, 1.165) is 18.5 Å². The van der Waals surface area contributed by atoms with E-state index in [0.29, 0.717) is 9.42 Å². The van der Waals surface area contributed by atoms with Crippen LogP contribution in [0.15, 0.2) is 28.0 Å². The number of anilines is 1.